The Kier molecular flexibility index (Phi) is 3.58. The van der Waals surface area contributed by atoms with Gasteiger partial charge in [0.15, 0.2) is 0 Å². The van der Waals surface area contributed by atoms with Gasteiger partial charge >= 0.3 is 0 Å². The Labute approximate surface area is 86.0 Å². The fourth-order valence-electron chi connectivity index (χ4n) is 1.49. The normalized spacial score (nSPS) is 15.2. The van der Waals surface area contributed by atoms with Crippen LogP contribution in [-0.4, -0.2) is 23.1 Å². The van der Waals surface area contributed by atoms with E-state index in [0.29, 0.717) is 12.0 Å². The molecule has 2 unspecified atom stereocenters. The number of aryl methyl sites for hydroxylation is 2. The van der Waals surface area contributed by atoms with Crippen LogP contribution in [0.2, 0.25) is 0 Å². The Hall–Kier alpha value is -0.960. The van der Waals surface area contributed by atoms with Crippen molar-refractivity contribution in [1.82, 2.24) is 15.3 Å². The van der Waals surface area contributed by atoms with Crippen LogP contribution in [0.1, 0.15) is 37.0 Å². The number of hydrogen-bond donors (Lipinski definition) is 1. The van der Waals surface area contributed by atoms with Crippen LogP contribution < -0.4 is 5.32 Å². The van der Waals surface area contributed by atoms with Gasteiger partial charge in [-0.2, -0.15) is 0 Å². The average Bonchev–Trinajstić information content (AvgIpc) is 2.14. The largest absolute Gasteiger partial charge is 0.317 e. The molecular weight excluding hydrogens is 174 g/mol. The van der Waals surface area contributed by atoms with E-state index in [1.54, 1.807) is 0 Å². The summed E-state index contributed by atoms with van der Waals surface area (Å²) < 4.78 is 0. The standard InChI is InChI=1S/C11H19N3/c1-7-6-11(14-10(4)13-7)8(2)9(3)12-5/h6,8-9,12H,1-5H3. The van der Waals surface area contributed by atoms with Crippen molar-refractivity contribution in [3.8, 4) is 0 Å². The minimum absolute atomic E-state index is 0.417. The summed E-state index contributed by atoms with van der Waals surface area (Å²) in [6.07, 6.45) is 0. The summed E-state index contributed by atoms with van der Waals surface area (Å²) in [5, 5.41) is 3.24. The minimum atomic E-state index is 0.417. The summed E-state index contributed by atoms with van der Waals surface area (Å²) in [4.78, 5) is 8.72. The third kappa shape index (κ3) is 2.51. The van der Waals surface area contributed by atoms with Gasteiger partial charge in [-0.1, -0.05) is 6.92 Å². The molecule has 1 heterocycles. The average molecular weight is 193 g/mol. The van der Waals surface area contributed by atoms with E-state index in [1.807, 2.05) is 20.9 Å². The Balaban J connectivity index is 2.94. The zero-order valence-electron chi connectivity index (χ0n) is 9.63. The maximum atomic E-state index is 4.45. The Bertz CT molecular complexity index is 289. The molecule has 78 valence electrons. The van der Waals surface area contributed by atoms with Crippen LogP contribution in [0.4, 0.5) is 0 Å². The monoisotopic (exact) mass is 193 g/mol. The number of nitrogens with one attached hydrogen (secondary N) is 1. The van der Waals surface area contributed by atoms with Crippen molar-refractivity contribution in [2.24, 2.45) is 0 Å². The molecule has 0 aliphatic heterocycles. The van der Waals surface area contributed by atoms with Crippen LogP contribution in [-0.2, 0) is 0 Å². The molecule has 0 aromatic carbocycles. The second-order valence-corrected chi connectivity index (χ2v) is 3.85. The lowest BCUT2D eigenvalue weighted by Gasteiger charge is -2.19. The smallest absolute Gasteiger partial charge is 0.125 e. The minimum Gasteiger partial charge on any atom is -0.317 e. The van der Waals surface area contributed by atoms with Crippen molar-refractivity contribution in [3.05, 3.63) is 23.3 Å². The molecule has 3 heteroatoms. The van der Waals surface area contributed by atoms with Gasteiger partial charge in [-0.25, -0.2) is 9.97 Å². The van der Waals surface area contributed by atoms with E-state index >= 15 is 0 Å². The van der Waals surface area contributed by atoms with Gasteiger partial charge in [0.25, 0.3) is 0 Å². The molecule has 1 aromatic heterocycles. The van der Waals surface area contributed by atoms with Crippen molar-refractivity contribution in [1.29, 1.82) is 0 Å². The van der Waals surface area contributed by atoms with E-state index in [-0.39, 0.29) is 0 Å². The van der Waals surface area contributed by atoms with Gasteiger partial charge in [-0.05, 0) is 33.9 Å². The van der Waals surface area contributed by atoms with E-state index in [4.69, 9.17) is 0 Å². The van der Waals surface area contributed by atoms with Crippen molar-refractivity contribution in [2.75, 3.05) is 7.05 Å². The van der Waals surface area contributed by atoms with E-state index in [9.17, 15) is 0 Å². The lowest BCUT2D eigenvalue weighted by Crippen LogP contribution is -2.28. The predicted octanol–water partition coefficient (Wildman–Crippen LogP) is 1.80. The van der Waals surface area contributed by atoms with E-state index in [2.05, 4.69) is 35.2 Å². The van der Waals surface area contributed by atoms with Crippen LogP contribution in [0, 0.1) is 13.8 Å². The lowest BCUT2D eigenvalue weighted by atomic mass is 9.99. The van der Waals surface area contributed by atoms with Gasteiger partial charge in [0, 0.05) is 23.3 Å². The molecule has 1 rings (SSSR count). The molecule has 0 saturated carbocycles. The van der Waals surface area contributed by atoms with Crippen LogP contribution in [0.3, 0.4) is 0 Å². The van der Waals surface area contributed by atoms with E-state index in [0.717, 1.165) is 17.2 Å². The zero-order valence-corrected chi connectivity index (χ0v) is 9.63. The summed E-state index contributed by atoms with van der Waals surface area (Å²) >= 11 is 0. The molecule has 0 saturated heterocycles. The van der Waals surface area contributed by atoms with Crippen molar-refractivity contribution in [2.45, 2.75) is 39.7 Å². The molecule has 0 aliphatic carbocycles. The quantitative estimate of drug-likeness (QED) is 0.795. The molecule has 14 heavy (non-hydrogen) atoms. The Morgan fingerprint density at radius 3 is 2.36 bits per heavy atom. The second-order valence-electron chi connectivity index (χ2n) is 3.85. The second kappa shape index (κ2) is 4.51. The molecular formula is C11H19N3. The van der Waals surface area contributed by atoms with E-state index < -0.39 is 0 Å². The maximum Gasteiger partial charge on any atom is 0.125 e. The first-order valence-corrected chi connectivity index (χ1v) is 5.04. The summed E-state index contributed by atoms with van der Waals surface area (Å²) in [6.45, 7) is 8.29. The van der Waals surface area contributed by atoms with Crippen molar-refractivity contribution in [3.63, 3.8) is 0 Å². The molecule has 2 atom stereocenters. The third-order valence-electron chi connectivity index (χ3n) is 2.66. The van der Waals surface area contributed by atoms with Crippen LogP contribution in [0.25, 0.3) is 0 Å². The highest BCUT2D eigenvalue weighted by atomic mass is 14.9. The highest BCUT2D eigenvalue weighted by Gasteiger charge is 2.14. The zero-order chi connectivity index (χ0) is 10.7. The molecule has 1 N–H and O–H groups in total. The lowest BCUT2D eigenvalue weighted by molar-refractivity contribution is 0.512. The van der Waals surface area contributed by atoms with Crippen molar-refractivity contribution < 1.29 is 0 Å². The molecule has 0 spiro atoms. The van der Waals surface area contributed by atoms with E-state index in [1.165, 1.54) is 0 Å². The summed E-state index contributed by atoms with van der Waals surface area (Å²) in [6, 6.07) is 2.50. The highest BCUT2D eigenvalue weighted by molar-refractivity contribution is 5.14. The van der Waals surface area contributed by atoms with Gasteiger partial charge in [0.1, 0.15) is 5.82 Å². The van der Waals surface area contributed by atoms with Crippen LogP contribution in [0.15, 0.2) is 6.07 Å². The number of hydrogen-bond acceptors (Lipinski definition) is 3. The third-order valence-corrected chi connectivity index (χ3v) is 2.66. The first-order chi connectivity index (χ1) is 6.54. The number of aromatic nitrogens is 2. The first-order valence-electron chi connectivity index (χ1n) is 5.04. The summed E-state index contributed by atoms with van der Waals surface area (Å²) in [7, 11) is 1.97. The van der Waals surface area contributed by atoms with Crippen LogP contribution in [0.5, 0.6) is 0 Å². The number of rotatable bonds is 3. The molecule has 1 aromatic rings. The highest BCUT2D eigenvalue weighted by Crippen LogP contribution is 2.17. The number of likely N-dealkylation sites (N-methyl/N-ethyl adjacent to an activating group) is 1. The predicted molar refractivity (Wildman–Crippen MR) is 58.4 cm³/mol. The maximum absolute atomic E-state index is 4.45. The molecule has 0 radical (unpaired) electrons. The molecule has 0 bridgehead atoms. The fourth-order valence-corrected chi connectivity index (χ4v) is 1.49. The molecule has 0 aliphatic rings. The van der Waals surface area contributed by atoms with Gasteiger partial charge in [-0.15, -0.1) is 0 Å². The fraction of sp³-hybridized carbons (Fsp3) is 0.636. The van der Waals surface area contributed by atoms with Crippen LogP contribution >= 0.6 is 0 Å². The van der Waals surface area contributed by atoms with Gasteiger partial charge in [-0.3, -0.25) is 0 Å². The SMILES string of the molecule is CNC(C)C(C)c1cc(C)nc(C)n1. The molecule has 0 fully saturated rings. The Morgan fingerprint density at radius 2 is 1.86 bits per heavy atom. The van der Waals surface area contributed by atoms with Crippen molar-refractivity contribution >= 4 is 0 Å². The number of nitrogens with zero attached hydrogens (tertiary/aromatic N) is 2. The Morgan fingerprint density at radius 1 is 1.21 bits per heavy atom. The van der Waals surface area contributed by atoms with Gasteiger partial charge in [0.2, 0.25) is 0 Å². The molecule has 3 nitrogen and oxygen atoms in total. The topological polar surface area (TPSA) is 37.8 Å². The molecule has 0 amide bonds. The van der Waals surface area contributed by atoms with Gasteiger partial charge < -0.3 is 5.32 Å². The summed E-state index contributed by atoms with van der Waals surface area (Å²) in [5.41, 5.74) is 2.17. The van der Waals surface area contributed by atoms with Gasteiger partial charge in [0.05, 0.1) is 0 Å². The summed E-state index contributed by atoms with van der Waals surface area (Å²) in [5.74, 6) is 1.27. The first kappa shape index (κ1) is 11.1.